The fraction of sp³-hybridized carbons (Fsp3) is 0.833. The van der Waals surface area contributed by atoms with Crippen LogP contribution in [-0.2, 0) is 28.8 Å². The van der Waals surface area contributed by atoms with Gasteiger partial charge in [0, 0.05) is 12.3 Å². The number of rotatable bonds is 3. The van der Waals surface area contributed by atoms with E-state index >= 15 is 0 Å². The van der Waals surface area contributed by atoms with Gasteiger partial charge in [0.05, 0.1) is 0 Å². The van der Waals surface area contributed by atoms with Crippen LogP contribution in [0.15, 0.2) is 12.7 Å². The van der Waals surface area contributed by atoms with Gasteiger partial charge < -0.3 is 14.2 Å². The molecule has 24 heavy (non-hydrogen) atoms. The van der Waals surface area contributed by atoms with Crippen molar-refractivity contribution in [2.24, 2.45) is 17.8 Å². The molecule has 5 rings (SSSR count). The molecule has 5 aliphatic rings. The molecule has 1 aliphatic carbocycles. The molecule has 0 aromatic carbocycles. The van der Waals surface area contributed by atoms with Gasteiger partial charge in [0.15, 0.2) is 17.5 Å². The van der Waals surface area contributed by atoms with Gasteiger partial charge in [-0.2, -0.15) is 0 Å². The minimum Gasteiger partial charge on any atom is -0.459 e. The van der Waals surface area contributed by atoms with Crippen LogP contribution in [0.4, 0.5) is 0 Å². The number of esters is 1. The Morgan fingerprint density at radius 1 is 1.25 bits per heavy atom. The zero-order valence-corrected chi connectivity index (χ0v) is 14.6. The predicted molar refractivity (Wildman–Crippen MR) is 83.4 cm³/mol. The number of carbonyl (C=O) groups is 1. The first-order valence-electron chi connectivity index (χ1n) is 8.86. The Balaban J connectivity index is 1.75. The molecule has 1 saturated carbocycles. The van der Waals surface area contributed by atoms with Gasteiger partial charge in [-0.15, -0.1) is 0 Å². The molecule has 0 aromatic heterocycles. The first kappa shape index (κ1) is 16.5. The second-order valence-electron chi connectivity index (χ2n) is 7.97. The standard InChI is InChI=1S/C18H26O6/c1-5-10-20-14(19)17(4)13-7-6-11(2)12-8-9-16(3)21-15(22-17)18(12,13)24-23-16/h5,11-13,15H,1,6-10H2,2-4H3/t11-,12+,13?,15-,16-,17+,18-/m1/s1. The van der Waals surface area contributed by atoms with Crippen LogP contribution in [0.3, 0.4) is 0 Å². The van der Waals surface area contributed by atoms with Crippen LogP contribution in [0.25, 0.3) is 0 Å². The number of ether oxygens (including phenoxy) is 3. The molecule has 0 N–H and O–H groups in total. The topological polar surface area (TPSA) is 63.2 Å². The number of hydrogen-bond donors (Lipinski definition) is 0. The second-order valence-corrected chi connectivity index (χ2v) is 7.97. The minimum absolute atomic E-state index is 0.156. The molecular weight excluding hydrogens is 312 g/mol. The second kappa shape index (κ2) is 5.27. The van der Waals surface area contributed by atoms with E-state index in [1.807, 2.05) is 6.92 Å². The van der Waals surface area contributed by atoms with E-state index in [0.29, 0.717) is 5.92 Å². The lowest BCUT2D eigenvalue weighted by Gasteiger charge is -2.50. The highest BCUT2D eigenvalue weighted by molar-refractivity contribution is 5.80. The molecule has 6 heteroatoms. The Morgan fingerprint density at radius 2 is 2.04 bits per heavy atom. The van der Waals surface area contributed by atoms with Gasteiger partial charge in [-0.05, 0) is 44.9 Å². The normalized spacial score (nSPS) is 52.5. The van der Waals surface area contributed by atoms with Crippen molar-refractivity contribution in [1.29, 1.82) is 0 Å². The third kappa shape index (κ3) is 2.00. The van der Waals surface area contributed by atoms with Gasteiger partial charge in [0.1, 0.15) is 6.61 Å². The maximum absolute atomic E-state index is 12.7. The number of carbonyl (C=O) groups excluding carboxylic acids is 1. The van der Waals surface area contributed by atoms with Crippen molar-refractivity contribution in [3.8, 4) is 0 Å². The first-order chi connectivity index (χ1) is 11.4. The zero-order chi connectivity index (χ0) is 17.2. The molecule has 4 heterocycles. The highest BCUT2D eigenvalue weighted by Crippen LogP contribution is 2.63. The SMILES string of the molecule is C=CCOC(=O)[C@@]1(C)O[C@H]2O[C@@]3(C)CC[C@H]4[C@H](C)CCC1[C@@]24OO3. The molecular formula is C18H26O6. The third-order valence-electron chi connectivity index (χ3n) is 6.47. The van der Waals surface area contributed by atoms with Gasteiger partial charge in [-0.1, -0.05) is 19.6 Å². The summed E-state index contributed by atoms with van der Waals surface area (Å²) in [5.41, 5.74) is -1.84. The lowest BCUT2D eigenvalue weighted by atomic mass is 9.60. The number of fused-ring (bicyclic) bond motifs is 2. The molecule has 0 radical (unpaired) electrons. The molecule has 2 bridgehead atoms. The summed E-state index contributed by atoms with van der Waals surface area (Å²) in [5, 5.41) is 0. The molecule has 134 valence electrons. The van der Waals surface area contributed by atoms with Crippen molar-refractivity contribution < 1.29 is 28.8 Å². The lowest BCUT2D eigenvalue weighted by molar-refractivity contribution is -0.541. The van der Waals surface area contributed by atoms with E-state index in [0.717, 1.165) is 25.7 Å². The largest absolute Gasteiger partial charge is 0.459 e. The van der Waals surface area contributed by atoms with Gasteiger partial charge in [0.25, 0.3) is 0 Å². The van der Waals surface area contributed by atoms with Gasteiger partial charge in [-0.3, -0.25) is 0 Å². The Bertz CT molecular complexity index is 564. The molecule has 4 saturated heterocycles. The third-order valence-corrected chi connectivity index (χ3v) is 6.47. The highest BCUT2D eigenvalue weighted by Gasteiger charge is 2.76. The van der Waals surface area contributed by atoms with Crippen LogP contribution in [0.1, 0.15) is 46.5 Å². The van der Waals surface area contributed by atoms with Crippen LogP contribution in [-0.4, -0.2) is 35.9 Å². The Morgan fingerprint density at radius 3 is 2.79 bits per heavy atom. The van der Waals surface area contributed by atoms with E-state index in [1.54, 1.807) is 13.0 Å². The summed E-state index contributed by atoms with van der Waals surface area (Å²) >= 11 is 0. The average Bonchev–Trinajstić information content (AvgIpc) is 2.64. The van der Waals surface area contributed by atoms with Gasteiger partial charge in [0.2, 0.25) is 5.79 Å². The van der Waals surface area contributed by atoms with Crippen molar-refractivity contribution in [2.45, 2.75) is 69.7 Å². The van der Waals surface area contributed by atoms with Crippen LogP contribution in [0, 0.1) is 17.8 Å². The quantitative estimate of drug-likeness (QED) is 0.448. The average molecular weight is 338 g/mol. The fourth-order valence-electron chi connectivity index (χ4n) is 5.18. The van der Waals surface area contributed by atoms with E-state index in [9.17, 15) is 4.79 Å². The molecule has 0 amide bonds. The summed E-state index contributed by atoms with van der Waals surface area (Å²) in [4.78, 5) is 24.4. The van der Waals surface area contributed by atoms with Crippen molar-refractivity contribution >= 4 is 5.97 Å². The van der Waals surface area contributed by atoms with E-state index in [4.69, 9.17) is 24.0 Å². The van der Waals surface area contributed by atoms with Crippen molar-refractivity contribution in [3.05, 3.63) is 12.7 Å². The van der Waals surface area contributed by atoms with Crippen LogP contribution in [0.2, 0.25) is 0 Å². The molecule has 6 nitrogen and oxygen atoms in total. The van der Waals surface area contributed by atoms with E-state index in [2.05, 4.69) is 13.5 Å². The van der Waals surface area contributed by atoms with Crippen molar-refractivity contribution in [3.63, 3.8) is 0 Å². The van der Waals surface area contributed by atoms with Crippen LogP contribution >= 0.6 is 0 Å². The monoisotopic (exact) mass is 338 g/mol. The molecule has 1 spiro atoms. The van der Waals surface area contributed by atoms with Gasteiger partial charge >= 0.3 is 5.97 Å². The Labute approximate surface area is 142 Å². The molecule has 7 atom stereocenters. The van der Waals surface area contributed by atoms with Crippen molar-refractivity contribution in [1.82, 2.24) is 0 Å². The predicted octanol–water partition coefficient (Wildman–Crippen LogP) is 2.72. The van der Waals surface area contributed by atoms with Crippen molar-refractivity contribution in [2.75, 3.05) is 6.61 Å². The summed E-state index contributed by atoms with van der Waals surface area (Å²) in [5.74, 6) is -0.667. The van der Waals surface area contributed by atoms with Crippen LogP contribution < -0.4 is 0 Å². The maximum Gasteiger partial charge on any atom is 0.338 e. The van der Waals surface area contributed by atoms with E-state index in [1.165, 1.54) is 0 Å². The molecule has 4 aliphatic heterocycles. The minimum atomic E-state index is -1.10. The first-order valence-corrected chi connectivity index (χ1v) is 8.86. The van der Waals surface area contributed by atoms with E-state index in [-0.39, 0.29) is 24.4 Å². The fourth-order valence-corrected chi connectivity index (χ4v) is 5.18. The smallest absolute Gasteiger partial charge is 0.338 e. The summed E-state index contributed by atoms with van der Waals surface area (Å²) in [6.07, 6.45) is 4.48. The van der Waals surface area contributed by atoms with Crippen LogP contribution in [0.5, 0.6) is 0 Å². The Kier molecular flexibility index (Phi) is 3.63. The molecule has 0 aromatic rings. The molecule has 1 unspecified atom stereocenters. The molecule has 5 fully saturated rings. The summed E-state index contributed by atoms with van der Waals surface area (Å²) < 4.78 is 17.7. The summed E-state index contributed by atoms with van der Waals surface area (Å²) in [6, 6.07) is 0. The summed E-state index contributed by atoms with van der Waals surface area (Å²) in [6.45, 7) is 9.66. The number of hydrogen-bond acceptors (Lipinski definition) is 6. The Hall–Kier alpha value is -0.950. The maximum atomic E-state index is 12.7. The van der Waals surface area contributed by atoms with E-state index < -0.39 is 23.3 Å². The van der Waals surface area contributed by atoms with Gasteiger partial charge in [-0.25, -0.2) is 14.6 Å². The summed E-state index contributed by atoms with van der Waals surface area (Å²) in [7, 11) is 0. The highest BCUT2D eigenvalue weighted by atomic mass is 17.3. The lowest BCUT2D eigenvalue weighted by Crippen LogP contribution is -2.62. The zero-order valence-electron chi connectivity index (χ0n) is 14.6.